The lowest BCUT2D eigenvalue weighted by atomic mass is 10.2. The van der Waals surface area contributed by atoms with Gasteiger partial charge in [0.15, 0.2) is 0 Å². The average Bonchev–Trinajstić information content (AvgIpc) is 2.36. The molecule has 0 heterocycles. The maximum Gasteiger partial charge on any atom is 0.251 e. The number of nitrogens with one attached hydrogen (secondary N) is 1. The van der Waals surface area contributed by atoms with Crippen molar-refractivity contribution in [2.45, 2.75) is 24.2 Å². The van der Waals surface area contributed by atoms with Crippen molar-refractivity contribution in [2.75, 3.05) is 18.6 Å². The van der Waals surface area contributed by atoms with Crippen LogP contribution in [0.15, 0.2) is 23.1 Å². The maximum absolute atomic E-state index is 13.0. The molecule has 0 unspecified atom stereocenters. The van der Waals surface area contributed by atoms with Crippen molar-refractivity contribution in [3.8, 4) is 0 Å². The molecule has 0 aromatic heterocycles. The summed E-state index contributed by atoms with van der Waals surface area (Å²) in [7, 11) is 0. The number of hydrogen-bond donors (Lipinski definition) is 2. The topological polar surface area (TPSA) is 29.1 Å². The molecule has 1 rings (SSSR count). The quantitative estimate of drug-likeness (QED) is 0.594. The lowest BCUT2D eigenvalue weighted by molar-refractivity contribution is 0.0952. The zero-order chi connectivity index (χ0) is 13.4. The van der Waals surface area contributed by atoms with Crippen molar-refractivity contribution in [1.29, 1.82) is 0 Å². The Labute approximate surface area is 117 Å². The number of hydrogen-bond acceptors (Lipinski definition) is 3. The largest absolute Gasteiger partial charge is 0.352 e. The van der Waals surface area contributed by atoms with E-state index in [1.807, 2.05) is 11.8 Å². The lowest BCUT2D eigenvalue weighted by Crippen LogP contribution is -2.24. The summed E-state index contributed by atoms with van der Waals surface area (Å²) in [6.07, 6.45) is 5.35. The van der Waals surface area contributed by atoms with Crippen LogP contribution in [-0.4, -0.2) is 24.5 Å². The number of carbonyl (C=O) groups excluding carboxylic acids is 1. The first-order valence-corrected chi connectivity index (χ1v) is 7.75. The van der Waals surface area contributed by atoms with Gasteiger partial charge in [-0.1, -0.05) is 6.42 Å². The Morgan fingerprint density at radius 3 is 2.83 bits per heavy atom. The molecule has 100 valence electrons. The van der Waals surface area contributed by atoms with Crippen molar-refractivity contribution in [3.05, 3.63) is 29.6 Å². The van der Waals surface area contributed by atoms with Crippen LogP contribution in [0.25, 0.3) is 0 Å². The van der Waals surface area contributed by atoms with E-state index >= 15 is 0 Å². The third kappa shape index (κ3) is 5.31. The van der Waals surface area contributed by atoms with Gasteiger partial charge in [0.05, 0.1) is 0 Å². The van der Waals surface area contributed by atoms with Crippen LogP contribution >= 0.6 is 24.4 Å². The molecule has 0 saturated carbocycles. The van der Waals surface area contributed by atoms with E-state index in [2.05, 4.69) is 24.2 Å². The second-order valence-electron chi connectivity index (χ2n) is 3.98. The molecule has 0 radical (unpaired) electrons. The number of halogens is 1. The van der Waals surface area contributed by atoms with Crippen LogP contribution < -0.4 is 5.32 Å². The zero-order valence-corrected chi connectivity index (χ0v) is 12.1. The summed E-state index contributed by atoms with van der Waals surface area (Å²) in [4.78, 5) is 11.9. The third-order valence-electron chi connectivity index (χ3n) is 2.52. The van der Waals surface area contributed by atoms with Crippen LogP contribution in [0.5, 0.6) is 0 Å². The number of rotatable bonds is 7. The van der Waals surface area contributed by atoms with E-state index in [0.29, 0.717) is 12.1 Å². The standard InChI is InChI=1S/C13H18FNOS2/c1-18-8-4-2-3-7-15-13(16)10-5-6-11(14)12(17)9-10/h5-6,9,17H,2-4,7-8H2,1H3,(H,15,16). The highest BCUT2D eigenvalue weighted by Gasteiger charge is 2.07. The van der Waals surface area contributed by atoms with Crippen LogP contribution in [0.3, 0.4) is 0 Å². The summed E-state index contributed by atoms with van der Waals surface area (Å²) in [5, 5.41) is 2.82. The van der Waals surface area contributed by atoms with Gasteiger partial charge in [-0.2, -0.15) is 11.8 Å². The Bertz CT molecular complexity index is 399. The highest BCUT2D eigenvalue weighted by Crippen LogP contribution is 2.14. The molecule has 0 aliphatic carbocycles. The highest BCUT2D eigenvalue weighted by molar-refractivity contribution is 7.98. The molecule has 1 amide bonds. The molecule has 1 aromatic rings. The van der Waals surface area contributed by atoms with Gasteiger partial charge in [-0.05, 0) is 43.0 Å². The van der Waals surface area contributed by atoms with Crippen LogP contribution in [0.4, 0.5) is 4.39 Å². The highest BCUT2D eigenvalue weighted by atomic mass is 32.2. The van der Waals surface area contributed by atoms with Gasteiger partial charge in [0, 0.05) is 17.0 Å². The minimum Gasteiger partial charge on any atom is -0.352 e. The molecule has 5 heteroatoms. The monoisotopic (exact) mass is 287 g/mol. The number of carbonyl (C=O) groups is 1. The fraction of sp³-hybridized carbons (Fsp3) is 0.462. The maximum atomic E-state index is 13.0. The van der Waals surface area contributed by atoms with E-state index in [4.69, 9.17) is 0 Å². The molecule has 1 N–H and O–H groups in total. The number of benzene rings is 1. The van der Waals surface area contributed by atoms with Crippen molar-refractivity contribution in [3.63, 3.8) is 0 Å². The minimum atomic E-state index is -0.410. The second-order valence-corrected chi connectivity index (χ2v) is 5.44. The first-order valence-electron chi connectivity index (χ1n) is 5.91. The molecule has 0 spiro atoms. The van der Waals surface area contributed by atoms with E-state index in [-0.39, 0.29) is 10.8 Å². The van der Waals surface area contributed by atoms with E-state index in [1.165, 1.54) is 24.6 Å². The Kier molecular flexibility index (Phi) is 7.20. The Balaban J connectivity index is 2.30. The molecule has 0 fully saturated rings. The number of thioether (sulfide) groups is 1. The molecule has 18 heavy (non-hydrogen) atoms. The average molecular weight is 287 g/mol. The van der Waals surface area contributed by atoms with Crippen LogP contribution in [-0.2, 0) is 0 Å². The van der Waals surface area contributed by atoms with Crippen molar-refractivity contribution in [1.82, 2.24) is 5.32 Å². The minimum absolute atomic E-state index is 0.171. The molecule has 0 atom stereocenters. The normalized spacial score (nSPS) is 10.4. The predicted octanol–water partition coefficient (Wildman–Crippen LogP) is 3.38. The summed E-state index contributed by atoms with van der Waals surface area (Å²) in [5.74, 6) is 0.580. The summed E-state index contributed by atoms with van der Waals surface area (Å²) in [5.41, 5.74) is 0.450. The molecule has 1 aromatic carbocycles. The van der Waals surface area contributed by atoms with Gasteiger partial charge in [0.25, 0.3) is 5.91 Å². The fourth-order valence-corrected chi connectivity index (χ4v) is 2.21. The Hall–Kier alpha value is -0.680. The summed E-state index contributed by atoms with van der Waals surface area (Å²) >= 11 is 5.79. The molecule has 0 aliphatic heterocycles. The molecule has 2 nitrogen and oxygen atoms in total. The molecule has 0 saturated heterocycles. The molecule has 0 aliphatic rings. The number of unbranched alkanes of at least 4 members (excludes halogenated alkanes) is 2. The van der Waals surface area contributed by atoms with Crippen molar-refractivity contribution in [2.24, 2.45) is 0 Å². The summed E-state index contributed by atoms with van der Waals surface area (Å²) in [6.45, 7) is 0.659. The molecular weight excluding hydrogens is 269 g/mol. The van der Waals surface area contributed by atoms with Gasteiger partial charge in [-0.15, -0.1) is 12.6 Å². The Morgan fingerprint density at radius 2 is 2.17 bits per heavy atom. The smallest absolute Gasteiger partial charge is 0.251 e. The van der Waals surface area contributed by atoms with Crippen molar-refractivity contribution < 1.29 is 9.18 Å². The van der Waals surface area contributed by atoms with Crippen LogP contribution in [0.2, 0.25) is 0 Å². The lowest BCUT2D eigenvalue weighted by Gasteiger charge is -2.06. The number of thiol groups is 1. The van der Waals surface area contributed by atoms with Crippen LogP contribution in [0.1, 0.15) is 29.6 Å². The number of amides is 1. The van der Waals surface area contributed by atoms with Crippen molar-refractivity contribution >= 4 is 30.3 Å². The van der Waals surface area contributed by atoms with Gasteiger partial charge >= 0.3 is 0 Å². The predicted molar refractivity (Wildman–Crippen MR) is 78.2 cm³/mol. The zero-order valence-electron chi connectivity index (χ0n) is 10.4. The fourth-order valence-electron chi connectivity index (χ4n) is 1.51. The SMILES string of the molecule is CSCCCCCNC(=O)c1ccc(F)c(S)c1. The summed E-state index contributed by atoms with van der Waals surface area (Å²) < 4.78 is 13.0. The third-order valence-corrected chi connectivity index (χ3v) is 3.56. The van der Waals surface area contributed by atoms with Gasteiger partial charge in [-0.25, -0.2) is 4.39 Å². The van der Waals surface area contributed by atoms with E-state index in [1.54, 1.807) is 0 Å². The summed E-state index contributed by atoms with van der Waals surface area (Å²) in [6, 6.07) is 4.18. The van der Waals surface area contributed by atoms with Crippen LogP contribution in [0, 0.1) is 5.82 Å². The van der Waals surface area contributed by atoms with Gasteiger partial charge in [-0.3, -0.25) is 4.79 Å². The van der Waals surface area contributed by atoms with Gasteiger partial charge in [0.2, 0.25) is 0 Å². The first kappa shape index (κ1) is 15.4. The van der Waals surface area contributed by atoms with E-state index < -0.39 is 5.82 Å². The molecule has 0 bridgehead atoms. The first-order chi connectivity index (χ1) is 8.65. The second kappa shape index (κ2) is 8.43. The van der Waals surface area contributed by atoms with E-state index in [0.717, 1.165) is 18.6 Å². The van der Waals surface area contributed by atoms with E-state index in [9.17, 15) is 9.18 Å². The van der Waals surface area contributed by atoms with Gasteiger partial charge < -0.3 is 5.32 Å². The van der Waals surface area contributed by atoms with Gasteiger partial charge in [0.1, 0.15) is 5.82 Å². The molecular formula is C13H18FNOS2. The Morgan fingerprint density at radius 1 is 1.39 bits per heavy atom.